The molecule has 0 aliphatic heterocycles. The number of fused-ring (bicyclic) bond motifs is 2. The van der Waals surface area contributed by atoms with E-state index in [4.69, 9.17) is 0 Å². The number of amides is 2. The maximum Gasteiger partial charge on any atom is 0.246 e. The normalized spacial score (nSPS) is 14.5. The number of benzene rings is 2. The predicted molar refractivity (Wildman–Crippen MR) is 82.1 cm³/mol. The summed E-state index contributed by atoms with van der Waals surface area (Å²) < 4.78 is 0. The summed E-state index contributed by atoms with van der Waals surface area (Å²) in [5, 5.41) is 2.10. The van der Waals surface area contributed by atoms with Gasteiger partial charge in [0.05, 0.1) is 0 Å². The van der Waals surface area contributed by atoms with Crippen LogP contribution in [-0.4, -0.2) is 49.8 Å². The lowest BCUT2D eigenvalue weighted by atomic mass is 9.98. The highest BCUT2D eigenvalue weighted by atomic mass is 16.2. The van der Waals surface area contributed by atoms with Crippen molar-refractivity contribution >= 4 is 22.6 Å². The monoisotopic (exact) mass is 282 g/mol. The van der Waals surface area contributed by atoms with E-state index >= 15 is 0 Å². The van der Waals surface area contributed by atoms with Crippen molar-refractivity contribution in [2.24, 2.45) is 0 Å². The third-order valence-corrected chi connectivity index (χ3v) is 4.09. The van der Waals surface area contributed by atoms with Gasteiger partial charge in [0, 0.05) is 28.2 Å². The first-order valence-electron chi connectivity index (χ1n) is 6.88. The molecule has 0 unspecified atom stereocenters. The lowest BCUT2D eigenvalue weighted by Gasteiger charge is -2.23. The molecule has 0 heterocycles. The van der Waals surface area contributed by atoms with Gasteiger partial charge in [0.1, 0.15) is 0 Å². The molecule has 4 heteroatoms. The number of carbonyl (C=O) groups is 2. The van der Waals surface area contributed by atoms with Crippen molar-refractivity contribution in [3.05, 3.63) is 47.5 Å². The molecule has 0 bridgehead atoms. The molecule has 0 spiro atoms. The van der Waals surface area contributed by atoms with Gasteiger partial charge in [-0.05, 0) is 34.0 Å². The van der Waals surface area contributed by atoms with Gasteiger partial charge in [-0.1, -0.05) is 24.3 Å². The molecule has 0 N–H and O–H groups in total. The quantitative estimate of drug-likeness (QED) is 0.785. The van der Waals surface area contributed by atoms with Crippen molar-refractivity contribution in [1.82, 2.24) is 9.80 Å². The minimum atomic E-state index is -1.12. The summed E-state index contributed by atoms with van der Waals surface area (Å²) in [6.07, 6.45) is 0. The first kappa shape index (κ1) is 13.6. The third kappa shape index (κ3) is 1.68. The van der Waals surface area contributed by atoms with E-state index in [0.717, 1.165) is 21.9 Å². The van der Waals surface area contributed by atoms with Crippen LogP contribution in [-0.2, 0) is 15.0 Å². The van der Waals surface area contributed by atoms with Crippen LogP contribution >= 0.6 is 0 Å². The fourth-order valence-electron chi connectivity index (χ4n) is 3.00. The number of nitrogens with zero attached hydrogens (tertiary/aromatic N) is 2. The summed E-state index contributed by atoms with van der Waals surface area (Å²) in [4.78, 5) is 28.4. The Labute approximate surface area is 124 Å². The zero-order valence-electron chi connectivity index (χ0n) is 12.7. The Balaban J connectivity index is 2.21. The van der Waals surface area contributed by atoms with Crippen LogP contribution in [0.25, 0.3) is 10.8 Å². The topological polar surface area (TPSA) is 40.6 Å². The van der Waals surface area contributed by atoms with Crippen LogP contribution in [0.1, 0.15) is 11.1 Å². The van der Waals surface area contributed by atoms with E-state index in [1.54, 1.807) is 28.2 Å². The smallest absolute Gasteiger partial charge is 0.246 e. The summed E-state index contributed by atoms with van der Waals surface area (Å²) in [7, 11) is 6.74. The average Bonchev–Trinajstić information content (AvgIpc) is 3.11. The van der Waals surface area contributed by atoms with Gasteiger partial charge in [-0.15, -0.1) is 0 Å². The molecule has 0 atom stereocenters. The molecule has 2 amide bonds. The Kier molecular flexibility index (Phi) is 2.80. The van der Waals surface area contributed by atoms with Crippen LogP contribution in [0.15, 0.2) is 36.4 Å². The molecule has 0 aromatic heterocycles. The van der Waals surface area contributed by atoms with E-state index < -0.39 is 5.41 Å². The molecule has 1 aliphatic rings. The molecule has 3 rings (SSSR count). The average molecular weight is 282 g/mol. The van der Waals surface area contributed by atoms with Crippen LogP contribution in [0.5, 0.6) is 0 Å². The summed E-state index contributed by atoms with van der Waals surface area (Å²) in [5.74, 6) is -0.349. The van der Waals surface area contributed by atoms with Crippen molar-refractivity contribution < 1.29 is 9.59 Å². The van der Waals surface area contributed by atoms with Crippen molar-refractivity contribution in [3.63, 3.8) is 0 Å². The molecule has 4 nitrogen and oxygen atoms in total. The van der Waals surface area contributed by atoms with Gasteiger partial charge in [-0.25, -0.2) is 0 Å². The summed E-state index contributed by atoms with van der Waals surface area (Å²) in [6, 6.07) is 11.8. The molecular weight excluding hydrogens is 264 g/mol. The first-order chi connectivity index (χ1) is 9.90. The second-order valence-corrected chi connectivity index (χ2v) is 5.89. The number of hydrogen-bond acceptors (Lipinski definition) is 2. The summed E-state index contributed by atoms with van der Waals surface area (Å²) in [6.45, 7) is 0. The van der Waals surface area contributed by atoms with Crippen molar-refractivity contribution in [3.8, 4) is 0 Å². The highest BCUT2D eigenvalue weighted by Crippen LogP contribution is 2.53. The molecule has 1 aliphatic carbocycles. The fraction of sp³-hybridized carbons (Fsp3) is 0.294. The van der Waals surface area contributed by atoms with Crippen molar-refractivity contribution in [1.29, 1.82) is 0 Å². The molecule has 2 aromatic carbocycles. The van der Waals surface area contributed by atoms with Crippen molar-refractivity contribution in [2.75, 3.05) is 28.2 Å². The molecule has 2 aromatic rings. The van der Waals surface area contributed by atoms with Gasteiger partial charge in [0.2, 0.25) is 11.8 Å². The van der Waals surface area contributed by atoms with E-state index in [1.165, 1.54) is 9.80 Å². The van der Waals surface area contributed by atoms with E-state index in [0.29, 0.717) is 0 Å². The minimum Gasteiger partial charge on any atom is -0.347 e. The number of hydrogen-bond donors (Lipinski definition) is 0. The molecule has 0 fully saturated rings. The minimum absolute atomic E-state index is 0.175. The Bertz CT molecular complexity index is 698. The lowest BCUT2D eigenvalue weighted by Crippen LogP contribution is -2.46. The molecule has 108 valence electrons. The molecule has 21 heavy (non-hydrogen) atoms. The standard InChI is InChI=1S/C17H18N2O2/c1-18(2)15(20)17(16(21)19(3)4)13-9-11-7-5-6-8-12(11)10-14(13)17/h5-10H,1-4H3. The van der Waals surface area contributed by atoms with E-state index in [2.05, 4.69) is 0 Å². The first-order valence-corrected chi connectivity index (χ1v) is 6.88. The molecular formula is C17H18N2O2. The number of rotatable bonds is 2. The van der Waals surface area contributed by atoms with Gasteiger partial charge in [-0.3, -0.25) is 9.59 Å². The fourth-order valence-corrected chi connectivity index (χ4v) is 3.00. The zero-order valence-corrected chi connectivity index (χ0v) is 12.7. The van der Waals surface area contributed by atoms with Gasteiger partial charge in [0.15, 0.2) is 5.41 Å². The Morgan fingerprint density at radius 2 is 1.19 bits per heavy atom. The van der Waals surface area contributed by atoms with Crippen LogP contribution < -0.4 is 0 Å². The Hall–Kier alpha value is -2.36. The second-order valence-electron chi connectivity index (χ2n) is 5.89. The van der Waals surface area contributed by atoms with E-state index in [-0.39, 0.29) is 11.8 Å². The van der Waals surface area contributed by atoms with Gasteiger partial charge in [-0.2, -0.15) is 0 Å². The Morgan fingerprint density at radius 1 is 0.810 bits per heavy atom. The largest absolute Gasteiger partial charge is 0.347 e. The number of likely N-dealkylation sites (N-methyl/N-ethyl adjacent to an activating group) is 2. The maximum atomic E-state index is 12.7. The second kappa shape index (κ2) is 4.32. The molecule has 0 radical (unpaired) electrons. The lowest BCUT2D eigenvalue weighted by molar-refractivity contribution is -0.142. The third-order valence-electron chi connectivity index (χ3n) is 4.09. The summed E-state index contributed by atoms with van der Waals surface area (Å²) in [5.41, 5.74) is 0.545. The van der Waals surface area contributed by atoms with Gasteiger partial charge < -0.3 is 9.80 Å². The Morgan fingerprint density at radius 3 is 1.52 bits per heavy atom. The molecule has 0 saturated heterocycles. The maximum absolute atomic E-state index is 12.7. The molecule has 0 saturated carbocycles. The van der Waals surface area contributed by atoms with Crippen LogP contribution in [0.2, 0.25) is 0 Å². The predicted octanol–water partition coefficient (Wildman–Crippen LogP) is 1.62. The van der Waals surface area contributed by atoms with E-state index in [9.17, 15) is 9.59 Å². The van der Waals surface area contributed by atoms with Gasteiger partial charge >= 0.3 is 0 Å². The van der Waals surface area contributed by atoms with E-state index in [1.807, 2.05) is 36.4 Å². The number of carbonyl (C=O) groups excluding carboxylic acids is 2. The van der Waals surface area contributed by atoms with Crippen molar-refractivity contribution in [2.45, 2.75) is 5.41 Å². The SMILES string of the molecule is CN(C)C(=O)C1(C(=O)N(C)C)c2cc3ccccc3cc21. The summed E-state index contributed by atoms with van der Waals surface area (Å²) >= 11 is 0. The highest BCUT2D eigenvalue weighted by molar-refractivity contribution is 6.21. The highest BCUT2D eigenvalue weighted by Gasteiger charge is 2.63. The van der Waals surface area contributed by atoms with Crippen LogP contribution in [0, 0.1) is 0 Å². The van der Waals surface area contributed by atoms with Crippen LogP contribution in [0.3, 0.4) is 0 Å². The zero-order chi connectivity index (χ0) is 15.4. The van der Waals surface area contributed by atoms with Crippen LogP contribution in [0.4, 0.5) is 0 Å². The van der Waals surface area contributed by atoms with Gasteiger partial charge in [0.25, 0.3) is 0 Å².